The molecule has 0 radical (unpaired) electrons. The Labute approximate surface area is 284 Å². The van der Waals surface area contributed by atoms with Crippen LogP contribution in [0.5, 0.6) is 0 Å². The Bertz CT molecular complexity index is 621. The zero-order valence-corrected chi connectivity index (χ0v) is 27.7. The van der Waals surface area contributed by atoms with Crippen molar-refractivity contribution in [1.29, 1.82) is 0 Å². The number of aliphatic hydroxyl groups excluding tert-OH is 3. The molecular formula is C34H79N3O9. The summed E-state index contributed by atoms with van der Waals surface area (Å²) in [7, 11) is 3.11. The van der Waals surface area contributed by atoms with E-state index in [1.54, 1.807) is 14.2 Å². The Balaban J connectivity index is -0.0000000738. The summed E-state index contributed by atoms with van der Waals surface area (Å²) in [5.74, 6) is 0.0728. The highest BCUT2D eigenvalue weighted by atomic mass is 16.7. The van der Waals surface area contributed by atoms with Gasteiger partial charge in [0.05, 0.1) is 44.7 Å². The summed E-state index contributed by atoms with van der Waals surface area (Å²) in [4.78, 5) is 39.2. The summed E-state index contributed by atoms with van der Waals surface area (Å²) in [5.41, 5.74) is 2.25. The van der Waals surface area contributed by atoms with E-state index in [0.29, 0.717) is 39.2 Å². The van der Waals surface area contributed by atoms with E-state index in [-0.39, 0.29) is 53.7 Å². The quantitative estimate of drug-likeness (QED) is 0.0380. The first-order valence-corrected chi connectivity index (χ1v) is 15.2. The van der Waals surface area contributed by atoms with Crippen molar-refractivity contribution in [2.24, 2.45) is 4.99 Å². The molecule has 0 heterocycles. The van der Waals surface area contributed by atoms with Crippen LogP contribution in [-0.4, -0.2) is 98.2 Å². The molecule has 284 valence electrons. The number of methoxy groups -OCH3 is 2. The van der Waals surface area contributed by atoms with Crippen LogP contribution in [0.15, 0.2) is 4.99 Å². The molecule has 0 spiro atoms. The highest BCUT2D eigenvalue weighted by Gasteiger charge is 2.12. The number of nitrogens with zero attached hydrogens (tertiary/aromatic N) is 1. The summed E-state index contributed by atoms with van der Waals surface area (Å²) >= 11 is 0. The lowest BCUT2D eigenvalue weighted by atomic mass is 10.1. The van der Waals surface area contributed by atoms with Crippen molar-refractivity contribution in [2.45, 2.75) is 166 Å². The van der Waals surface area contributed by atoms with E-state index in [2.05, 4.69) is 41.3 Å². The molecule has 0 aromatic rings. The van der Waals surface area contributed by atoms with Gasteiger partial charge in [-0.25, -0.2) is 20.1 Å². The van der Waals surface area contributed by atoms with Crippen LogP contribution in [0.1, 0.15) is 142 Å². The van der Waals surface area contributed by atoms with Crippen molar-refractivity contribution in [3.8, 4) is 0 Å². The summed E-state index contributed by atoms with van der Waals surface area (Å²) in [5, 5.41) is 30.2. The summed E-state index contributed by atoms with van der Waals surface area (Å²) in [6, 6.07) is -0.496. The van der Waals surface area contributed by atoms with Gasteiger partial charge in [0.25, 0.3) is 0 Å². The number of unbranched alkanes of at least 4 members (excludes halogenated alkanes) is 3. The molecule has 0 aromatic carbocycles. The predicted octanol–water partition coefficient (Wildman–Crippen LogP) is 6.78. The first-order chi connectivity index (χ1) is 19.9. The summed E-state index contributed by atoms with van der Waals surface area (Å²) in [6.45, 7) is 13.1. The zero-order chi connectivity index (χ0) is 33.0. The number of ether oxygens (including phenoxy) is 2. The van der Waals surface area contributed by atoms with Gasteiger partial charge in [-0.3, -0.25) is 9.63 Å². The Hall–Kier alpha value is -1.92. The van der Waals surface area contributed by atoms with Crippen molar-refractivity contribution in [1.82, 2.24) is 10.8 Å². The minimum absolute atomic E-state index is 0. The van der Waals surface area contributed by atoms with Gasteiger partial charge in [0.2, 0.25) is 6.08 Å². The highest BCUT2D eigenvalue weighted by Crippen LogP contribution is 2.06. The molecular weight excluding hydrogens is 594 g/mol. The van der Waals surface area contributed by atoms with Crippen LogP contribution in [-0.2, 0) is 23.9 Å². The fourth-order valence-corrected chi connectivity index (χ4v) is 3.08. The van der Waals surface area contributed by atoms with Crippen LogP contribution in [0.2, 0.25) is 0 Å². The monoisotopic (exact) mass is 674 g/mol. The minimum atomic E-state index is -0.405. The van der Waals surface area contributed by atoms with E-state index in [4.69, 9.17) is 19.8 Å². The smallest absolute Gasteiger partial charge is 0.338 e. The SMILES string of the molecule is C.C.C.C.CCCCC(C)O.CCCCC(O)CC(C)=O.CCCCC(O)CC(C)NC(=O)NOCCOC.COCCN=C=O. The molecule has 46 heavy (non-hydrogen) atoms. The maximum absolute atomic E-state index is 11.3. The number of rotatable bonds is 21. The number of hydroxylamine groups is 1. The van der Waals surface area contributed by atoms with Crippen LogP contribution in [0, 0.1) is 0 Å². The molecule has 5 N–H and O–H groups in total. The first kappa shape index (κ1) is 62.8. The maximum atomic E-state index is 11.3. The van der Waals surface area contributed by atoms with Gasteiger partial charge in [0, 0.05) is 26.7 Å². The van der Waals surface area contributed by atoms with Crippen molar-refractivity contribution in [3.63, 3.8) is 0 Å². The molecule has 0 aliphatic heterocycles. The molecule has 4 unspecified atom stereocenters. The van der Waals surface area contributed by atoms with Crippen molar-refractivity contribution < 1.29 is 44.0 Å². The van der Waals surface area contributed by atoms with E-state index in [1.165, 1.54) is 19.4 Å². The van der Waals surface area contributed by atoms with Crippen molar-refractivity contribution in [2.75, 3.05) is 40.6 Å². The van der Waals surface area contributed by atoms with Gasteiger partial charge < -0.3 is 30.1 Å². The average Bonchev–Trinajstić information content (AvgIpc) is 2.93. The van der Waals surface area contributed by atoms with Gasteiger partial charge in [0.15, 0.2) is 0 Å². The number of urea groups is 1. The number of carbonyl (C=O) groups excluding carboxylic acids is 3. The predicted molar refractivity (Wildman–Crippen MR) is 193 cm³/mol. The number of aliphatic hydroxyl groups is 3. The second-order valence-corrected chi connectivity index (χ2v) is 10.0. The molecule has 0 saturated carbocycles. The third kappa shape index (κ3) is 69.0. The second-order valence-electron chi connectivity index (χ2n) is 10.0. The molecule has 0 aliphatic carbocycles. The molecule has 0 fully saturated rings. The summed E-state index contributed by atoms with van der Waals surface area (Å²) in [6.07, 6.45) is 10.4. The Morgan fingerprint density at radius 2 is 1.26 bits per heavy atom. The number of carbonyl (C=O) groups is 2. The number of hydrogen-bond acceptors (Lipinski definition) is 10. The molecule has 0 saturated heterocycles. The van der Waals surface area contributed by atoms with E-state index >= 15 is 0 Å². The molecule has 0 aromatic heterocycles. The Kier molecular flexibility index (Phi) is 71.9. The van der Waals surface area contributed by atoms with Crippen LogP contribution >= 0.6 is 0 Å². The molecule has 0 bridgehead atoms. The molecule has 0 aliphatic rings. The maximum Gasteiger partial charge on any atom is 0.338 e. The van der Waals surface area contributed by atoms with Gasteiger partial charge in [-0.2, -0.15) is 0 Å². The number of ketones is 1. The lowest BCUT2D eigenvalue weighted by molar-refractivity contribution is -0.118. The number of amides is 2. The molecule has 4 atom stereocenters. The highest BCUT2D eigenvalue weighted by molar-refractivity contribution is 5.75. The lowest BCUT2D eigenvalue weighted by Gasteiger charge is -2.17. The number of aliphatic imine (C=N–C) groups is 1. The van der Waals surface area contributed by atoms with Crippen LogP contribution in [0.25, 0.3) is 0 Å². The number of Topliss-reactive ketones (excluding diaryl/α,β-unsaturated/α-hetero) is 1. The first-order valence-electron chi connectivity index (χ1n) is 15.2. The normalized spacial score (nSPS) is 11.6. The topological polar surface area (TPSA) is 176 Å². The largest absolute Gasteiger partial charge is 0.393 e. The lowest BCUT2D eigenvalue weighted by Crippen LogP contribution is -2.42. The van der Waals surface area contributed by atoms with E-state index < -0.39 is 12.1 Å². The summed E-state index contributed by atoms with van der Waals surface area (Å²) < 4.78 is 9.34. The van der Waals surface area contributed by atoms with Gasteiger partial charge in [-0.1, -0.05) is 89.0 Å². The number of hydrogen-bond donors (Lipinski definition) is 5. The number of nitrogens with one attached hydrogen (secondary N) is 2. The van der Waals surface area contributed by atoms with Crippen LogP contribution in [0.3, 0.4) is 0 Å². The van der Waals surface area contributed by atoms with Gasteiger partial charge in [-0.15, -0.1) is 0 Å². The molecule has 12 nitrogen and oxygen atoms in total. The molecule has 12 heteroatoms. The molecule has 0 rings (SSSR count). The Morgan fingerprint density at radius 3 is 1.65 bits per heavy atom. The minimum Gasteiger partial charge on any atom is -0.393 e. The van der Waals surface area contributed by atoms with E-state index in [1.807, 2.05) is 13.8 Å². The van der Waals surface area contributed by atoms with Crippen LogP contribution < -0.4 is 10.8 Å². The fourth-order valence-electron chi connectivity index (χ4n) is 3.08. The third-order valence-electron chi connectivity index (χ3n) is 5.31. The van der Waals surface area contributed by atoms with Gasteiger partial charge in [-0.05, 0) is 46.5 Å². The average molecular weight is 674 g/mol. The van der Waals surface area contributed by atoms with Crippen LogP contribution in [0.4, 0.5) is 4.79 Å². The third-order valence-corrected chi connectivity index (χ3v) is 5.31. The Morgan fingerprint density at radius 1 is 0.783 bits per heavy atom. The zero-order valence-electron chi connectivity index (χ0n) is 27.7. The van der Waals surface area contributed by atoms with E-state index in [9.17, 15) is 19.5 Å². The van der Waals surface area contributed by atoms with E-state index in [0.717, 1.165) is 51.4 Å². The van der Waals surface area contributed by atoms with Gasteiger partial charge >= 0.3 is 6.03 Å². The van der Waals surface area contributed by atoms with Gasteiger partial charge in [0.1, 0.15) is 5.78 Å². The fraction of sp³-hybridized carbons (Fsp3) is 0.912. The number of isocyanates is 1. The second kappa shape index (κ2) is 52.6. The molecule has 2 amide bonds. The van der Waals surface area contributed by atoms with Crippen molar-refractivity contribution in [3.05, 3.63) is 0 Å². The standard InChI is InChI=1S/C12H26N2O4.C8H16O2.C6H14O.C4H7NO2.4CH4/c1-4-5-6-11(15)9-10(2)13-12(16)14-18-8-7-17-3;1-3-4-5-8(10)6-7(2)9;1-3-4-5-6(2)7;1-7-3-2-5-4-6;;;;/h10-11,15H,4-9H2,1-3H3,(H2,13,14,16);8,10H,3-6H2,1-2H3;6-7H,3-5H2,1-2H3;2-3H2,1H3;4*1H4. The van der Waals surface area contributed by atoms with Crippen molar-refractivity contribution >= 4 is 17.9 Å².